The van der Waals surface area contributed by atoms with E-state index < -0.39 is 44.0 Å². The van der Waals surface area contributed by atoms with Crippen LogP contribution in [0.1, 0.15) is 26.5 Å². The van der Waals surface area contributed by atoms with Gasteiger partial charge in [-0.2, -0.15) is 0 Å². The zero-order valence-corrected chi connectivity index (χ0v) is 7.31. The second-order valence-electron chi connectivity index (χ2n) is 1.88. The average molecular weight is 238 g/mol. The third-order valence-electron chi connectivity index (χ3n) is 1.17. The highest BCUT2D eigenvalue weighted by Gasteiger charge is 2.15. The summed E-state index contributed by atoms with van der Waals surface area (Å²) in [6, 6.07) is 0. The van der Waals surface area contributed by atoms with E-state index in [9.17, 15) is 0 Å². The van der Waals surface area contributed by atoms with Crippen LogP contribution in [0, 0.1) is 0 Å². The van der Waals surface area contributed by atoms with E-state index in [0.29, 0.717) is 0 Å². The molecular weight excluding hydrogens is 218 g/mol. The van der Waals surface area contributed by atoms with Gasteiger partial charge >= 0.3 is 0 Å². The Balaban J connectivity index is 2.80. The second kappa shape index (κ2) is 3.39. The smallest absolute Gasteiger partial charge is 0.146 e. The molecule has 0 aliphatic carbocycles. The van der Waals surface area contributed by atoms with Crippen LogP contribution in [-0.2, 0) is 0 Å². The van der Waals surface area contributed by atoms with Crippen molar-refractivity contribution in [3.8, 4) is 0 Å². The van der Waals surface area contributed by atoms with Crippen LogP contribution >= 0.6 is 15.9 Å². The van der Waals surface area contributed by atoms with Gasteiger partial charge in [0.2, 0.25) is 0 Å². The molecule has 3 nitrogen and oxygen atoms in total. The van der Waals surface area contributed by atoms with Crippen molar-refractivity contribution < 1.29 is 13.7 Å². The summed E-state index contributed by atoms with van der Waals surface area (Å²) in [5.74, 6) is -0.592. The standard InChI is InChI=1S/C8H10BrN3/c9-7-5-10-6-11-8(7)12-3-1-2-4-12/h5-6H,1-4H2/i1D2,2D2,3D2,4D2,5D,6D. The van der Waals surface area contributed by atoms with Gasteiger partial charge in [-0.25, -0.2) is 9.97 Å². The molecule has 64 valence electrons. The van der Waals surface area contributed by atoms with Gasteiger partial charge in [0.15, 0.2) is 0 Å². The minimum absolute atomic E-state index is 0.182. The molecule has 0 N–H and O–H groups in total. The van der Waals surface area contributed by atoms with Crippen molar-refractivity contribution in [3.05, 3.63) is 16.9 Å². The molecular formula is C8H10BrN3. The Morgan fingerprint density at radius 1 is 1.58 bits per heavy atom. The van der Waals surface area contributed by atoms with Gasteiger partial charge in [0.05, 0.1) is 5.84 Å². The van der Waals surface area contributed by atoms with Crippen LogP contribution in [0.3, 0.4) is 0 Å². The quantitative estimate of drug-likeness (QED) is 0.747. The van der Waals surface area contributed by atoms with Crippen molar-refractivity contribution >= 4 is 21.7 Å². The molecule has 0 radical (unpaired) electrons. The monoisotopic (exact) mass is 237 g/mol. The van der Waals surface area contributed by atoms with E-state index >= 15 is 0 Å². The maximum atomic E-state index is 7.87. The predicted octanol–water partition coefficient (Wildman–Crippen LogP) is 1.84. The van der Waals surface area contributed by atoms with E-state index in [1.807, 2.05) is 0 Å². The van der Waals surface area contributed by atoms with Crippen LogP contribution in [0.2, 0.25) is 0 Å². The van der Waals surface area contributed by atoms with Crippen molar-refractivity contribution in [2.45, 2.75) is 12.7 Å². The summed E-state index contributed by atoms with van der Waals surface area (Å²) in [6.07, 6.45) is -7.63. The molecule has 0 amide bonds. The molecule has 4 heteroatoms. The molecule has 0 unspecified atom stereocenters. The highest BCUT2D eigenvalue weighted by molar-refractivity contribution is 9.10. The van der Waals surface area contributed by atoms with Crippen LogP contribution in [0.15, 0.2) is 16.9 Å². The number of hydrogen-bond acceptors (Lipinski definition) is 3. The van der Waals surface area contributed by atoms with E-state index in [1.54, 1.807) is 0 Å². The first-order chi connectivity index (χ1) is 9.69. The third kappa shape index (κ3) is 1.43. The number of hydrogen-bond donors (Lipinski definition) is 0. The zero-order valence-electron chi connectivity index (χ0n) is 15.7. The molecule has 1 aromatic rings. The Labute approximate surface area is 94.0 Å². The Morgan fingerprint density at radius 2 is 2.33 bits per heavy atom. The summed E-state index contributed by atoms with van der Waals surface area (Å²) >= 11 is 2.89. The highest BCUT2D eigenvalue weighted by Crippen LogP contribution is 2.24. The van der Waals surface area contributed by atoms with Gasteiger partial charge in [0, 0.05) is 30.1 Å². The van der Waals surface area contributed by atoms with Gasteiger partial charge in [0.25, 0.3) is 0 Å². The van der Waals surface area contributed by atoms with Gasteiger partial charge in [0.1, 0.15) is 13.5 Å². The maximum absolute atomic E-state index is 7.87. The third-order valence-corrected chi connectivity index (χ3v) is 1.70. The molecule has 0 atom stereocenters. The fourth-order valence-electron chi connectivity index (χ4n) is 0.695. The van der Waals surface area contributed by atoms with E-state index in [4.69, 9.17) is 13.7 Å². The van der Waals surface area contributed by atoms with E-state index in [0.717, 1.165) is 0 Å². The number of anilines is 1. The number of nitrogens with zero attached hydrogens (tertiary/aromatic N) is 3. The summed E-state index contributed by atoms with van der Waals surface area (Å²) in [5.41, 5.74) is 0. The summed E-state index contributed by atoms with van der Waals surface area (Å²) in [5, 5.41) is 0. The first kappa shape index (κ1) is 2.44. The van der Waals surface area contributed by atoms with E-state index in [2.05, 4.69) is 25.9 Å². The molecule has 0 aromatic carbocycles. The molecule has 1 aliphatic rings. The normalized spacial score (nSPS) is 45.9. The first-order valence-electron chi connectivity index (χ1n) is 8.00. The molecule has 0 bridgehead atoms. The van der Waals surface area contributed by atoms with Crippen LogP contribution in [0.4, 0.5) is 5.82 Å². The second-order valence-corrected chi connectivity index (χ2v) is 2.68. The van der Waals surface area contributed by atoms with Crippen molar-refractivity contribution in [2.24, 2.45) is 0 Å². The minimum Gasteiger partial charge on any atom is -0.356 e. The summed E-state index contributed by atoms with van der Waals surface area (Å²) in [7, 11) is 0. The molecule has 0 spiro atoms. The van der Waals surface area contributed by atoms with Gasteiger partial charge < -0.3 is 4.90 Å². The van der Waals surface area contributed by atoms with Crippen LogP contribution in [0.25, 0.3) is 0 Å². The molecule has 1 aliphatic heterocycles. The number of halogens is 1. The number of rotatable bonds is 1. The average Bonchev–Trinajstić information content (AvgIpc) is 2.39. The van der Waals surface area contributed by atoms with Crippen LogP contribution < -0.4 is 4.90 Å². The van der Waals surface area contributed by atoms with Crippen molar-refractivity contribution in [3.63, 3.8) is 0 Å². The van der Waals surface area contributed by atoms with Gasteiger partial charge in [-0.15, -0.1) is 0 Å². The fraction of sp³-hybridized carbons (Fsp3) is 0.500. The molecule has 1 aromatic heterocycles. The highest BCUT2D eigenvalue weighted by atomic mass is 79.9. The van der Waals surface area contributed by atoms with Crippen molar-refractivity contribution in [1.82, 2.24) is 9.97 Å². The minimum atomic E-state index is -3.21. The van der Waals surface area contributed by atoms with Gasteiger partial charge in [-0.3, -0.25) is 0 Å². The van der Waals surface area contributed by atoms with Crippen LogP contribution in [0.5, 0.6) is 0 Å². The molecule has 0 saturated carbocycles. The van der Waals surface area contributed by atoms with E-state index in [1.165, 1.54) is 0 Å². The predicted molar refractivity (Wildman–Crippen MR) is 51.2 cm³/mol. The summed E-state index contributed by atoms with van der Waals surface area (Å²) in [4.78, 5) is 7.11. The first-order valence-corrected chi connectivity index (χ1v) is 3.80. The van der Waals surface area contributed by atoms with E-state index in [-0.39, 0.29) is 9.37 Å². The molecule has 2 rings (SSSR count). The SMILES string of the molecule is [2H]c1nc([2H])c(Br)c(N2C([2H])([2H])C([2H])([2H])C([2H])([2H])C2([2H])[2H])n1. The summed E-state index contributed by atoms with van der Waals surface area (Å²) < 4.78 is 76.9. The molecule has 1 fully saturated rings. The molecule has 2 heterocycles. The van der Waals surface area contributed by atoms with Crippen molar-refractivity contribution in [2.75, 3.05) is 17.9 Å². The largest absolute Gasteiger partial charge is 0.356 e. The summed E-state index contributed by atoms with van der Waals surface area (Å²) in [6.45, 7) is -6.23. The zero-order chi connectivity index (χ0) is 17.3. The topological polar surface area (TPSA) is 29.0 Å². The fourth-order valence-corrected chi connectivity index (χ4v) is 1.05. The molecule has 12 heavy (non-hydrogen) atoms. The lowest BCUT2D eigenvalue weighted by molar-refractivity contribution is 0.921. The van der Waals surface area contributed by atoms with Gasteiger partial charge in [-0.1, -0.05) is 0 Å². The Bertz CT molecular complexity index is 607. The number of aromatic nitrogens is 2. The Hall–Kier alpha value is -0.640. The molecule has 1 saturated heterocycles. The lowest BCUT2D eigenvalue weighted by atomic mass is 10.4. The van der Waals surface area contributed by atoms with Crippen molar-refractivity contribution in [1.29, 1.82) is 0 Å². The Kier molecular flexibility index (Phi) is 0.689. The lowest BCUT2D eigenvalue weighted by Crippen LogP contribution is -2.19. The van der Waals surface area contributed by atoms with Crippen LogP contribution in [-0.4, -0.2) is 23.0 Å². The van der Waals surface area contributed by atoms with Gasteiger partial charge in [-0.05, 0) is 28.7 Å². The Morgan fingerprint density at radius 3 is 3.08 bits per heavy atom. The lowest BCUT2D eigenvalue weighted by Gasteiger charge is -2.16. The maximum Gasteiger partial charge on any atom is 0.146 e.